The molecule has 2 aliphatic heterocycles. The van der Waals surface area contributed by atoms with E-state index in [-0.39, 0.29) is 17.9 Å². The zero-order valence-electron chi connectivity index (χ0n) is 15.4. The Morgan fingerprint density at radius 1 is 1.22 bits per heavy atom. The maximum absolute atomic E-state index is 12.4. The van der Waals surface area contributed by atoms with Gasteiger partial charge in [-0.05, 0) is 43.7 Å². The average Bonchev–Trinajstić information content (AvgIpc) is 2.90. The van der Waals surface area contributed by atoms with Gasteiger partial charge >= 0.3 is 0 Å². The number of amides is 2. The van der Waals surface area contributed by atoms with Gasteiger partial charge in [0.15, 0.2) is 11.5 Å². The van der Waals surface area contributed by atoms with Crippen molar-refractivity contribution in [2.24, 2.45) is 0 Å². The molecule has 27 heavy (non-hydrogen) atoms. The van der Waals surface area contributed by atoms with Crippen LogP contribution in [0.25, 0.3) is 0 Å². The third-order valence-corrected chi connectivity index (χ3v) is 5.09. The number of carbonyl (C=O) groups excluding carboxylic acids is 2. The van der Waals surface area contributed by atoms with E-state index in [1.165, 1.54) is 0 Å². The molecule has 0 aromatic heterocycles. The van der Waals surface area contributed by atoms with Crippen LogP contribution in [0.3, 0.4) is 0 Å². The highest BCUT2D eigenvalue weighted by molar-refractivity contribution is 6.07. The second-order valence-electron chi connectivity index (χ2n) is 7.38. The SMILES string of the molecule is CC1(C)C(=O)Nc2cc(C(=O)NCCC3COc4ccccc4O3)ccc21. The molecule has 0 saturated carbocycles. The number of para-hydroxylation sites is 2. The van der Waals surface area contributed by atoms with E-state index >= 15 is 0 Å². The fraction of sp³-hybridized carbons (Fsp3) is 0.333. The summed E-state index contributed by atoms with van der Waals surface area (Å²) in [6, 6.07) is 12.9. The van der Waals surface area contributed by atoms with Gasteiger partial charge in [0.2, 0.25) is 5.91 Å². The molecule has 140 valence electrons. The highest BCUT2D eigenvalue weighted by Crippen LogP contribution is 2.37. The molecular weight excluding hydrogens is 344 g/mol. The van der Waals surface area contributed by atoms with E-state index in [4.69, 9.17) is 9.47 Å². The van der Waals surface area contributed by atoms with Crippen LogP contribution < -0.4 is 20.1 Å². The predicted octanol–water partition coefficient (Wildman–Crippen LogP) is 2.88. The number of hydrogen-bond donors (Lipinski definition) is 2. The number of anilines is 1. The minimum Gasteiger partial charge on any atom is -0.486 e. The number of rotatable bonds is 4. The first-order valence-electron chi connectivity index (χ1n) is 9.08. The van der Waals surface area contributed by atoms with Crippen molar-refractivity contribution >= 4 is 17.5 Å². The Labute approximate surface area is 157 Å². The molecule has 1 atom stereocenters. The van der Waals surface area contributed by atoms with Gasteiger partial charge in [-0.15, -0.1) is 0 Å². The molecular formula is C21H22N2O4. The molecule has 1 unspecified atom stereocenters. The first kappa shape index (κ1) is 17.4. The molecule has 0 aliphatic carbocycles. The molecule has 0 radical (unpaired) electrons. The van der Waals surface area contributed by atoms with Crippen molar-refractivity contribution in [2.75, 3.05) is 18.5 Å². The molecule has 0 spiro atoms. The Hall–Kier alpha value is -3.02. The summed E-state index contributed by atoms with van der Waals surface area (Å²) in [6.45, 7) is 4.69. The number of benzene rings is 2. The van der Waals surface area contributed by atoms with Crippen LogP contribution in [-0.2, 0) is 10.2 Å². The van der Waals surface area contributed by atoms with E-state index in [1.54, 1.807) is 12.1 Å². The number of carbonyl (C=O) groups is 2. The number of nitrogens with one attached hydrogen (secondary N) is 2. The Morgan fingerprint density at radius 3 is 2.81 bits per heavy atom. The molecule has 2 N–H and O–H groups in total. The molecule has 0 bridgehead atoms. The molecule has 6 heteroatoms. The van der Waals surface area contributed by atoms with Crippen molar-refractivity contribution in [3.05, 3.63) is 53.6 Å². The van der Waals surface area contributed by atoms with Crippen molar-refractivity contribution in [2.45, 2.75) is 31.8 Å². The van der Waals surface area contributed by atoms with Gasteiger partial charge in [0.1, 0.15) is 12.7 Å². The molecule has 2 heterocycles. The van der Waals surface area contributed by atoms with Crippen molar-refractivity contribution in [3.63, 3.8) is 0 Å². The Kier molecular flexibility index (Phi) is 4.26. The van der Waals surface area contributed by atoms with E-state index in [0.29, 0.717) is 30.8 Å². The van der Waals surface area contributed by atoms with Crippen LogP contribution in [0.4, 0.5) is 5.69 Å². The van der Waals surface area contributed by atoms with Gasteiger partial charge in [-0.2, -0.15) is 0 Å². The molecule has 2 aromatic rings. The fourth-order valence-corrected chi connectivity index (χ4v) is 3.39. The van der Waals surface area contributed by atoms with Crippen molar-refractivity contribution < 1.29 is 19.1 Å². The van der Waals surface area contributed by atoms with Crippen LogP contribution in [0.1, 0.15) is 36.2 Å². The van der Waals surface area contributed by atoms with Crippen LogP contribution >= 0.6 is 0 Å². The second kappa shape index (κ2) is 6.61. The van der Waals surface area contributed by atoms with Crippen LogP contribution in [0.2, 0.25) is 0 Å². The van der Waals surface area contributed by atoms with Gasteiger partial charge in [-0.3, -0.25) is 9.59 Å². The summed E-state index contributed by atoms with van der Waals surface area (Å²) in [4.78, 5) is 24.5. The smallest absolute Gasteiger partial charge is 0.251 e. The summed E-state index contributed by atoms with van der Waals surface area (Å²) < 4.78 is 11.6. The minimum absolute atomic E-state index is 0.0511. The number of fused-ring (bicyclic) bond motifs is 2. The standard InChI is InChI=1S/C21H22N2O4/c1-21(2)15-8-7-13(11-16(15)23-20(21)25)19(24)22-10-9-14-12-26-17-5-3-4-6-18(17)27-14/h3-8,11,14H,9-10,12H2,1-2H3,(H,22,24)(H,23,25). The topological polar surface area (TPSA) is 76.7 Å². The highest BCUT2D eigenvalue weighted by Gasteiger charge is 2.38. The van der Waals surface area contributed by atoms with Gasteiger partial charge < -0.3 is 20.1 Å². The van der Waals surface area contributed by atoms with E-state index in [9.17, 15) is 9.59 Å². The van der Waals surface area contributed by atoms with Gasteiger partial charge in [-0.25, -0.2) is 0 Å². The van der Waals surface area contributed by atoms with Gasteiger partial charge in [0, 0.05) is 24.2 Å². The largest absolute Gasteiger partial charge is 0.486 e. The van der Waals surface area contributed by atoms with Crippen LogP contribution in [0.15, 0.2) is 42.5 Å². The van der Waals surface area contributed by atoms with Gasteiger partial charge in [0.25, 0.3) is 5.91 Å². The van der Waals surface area contributed by atoms with E-state index in [0.717, 1.165) is 17.1 Å². The zero-order valence-corrected chi connectivity index (χ0v) is 15.4. The first-order valence-corrected chi connectivity index (χ1v) is 9.08. The second-order valence-corrected chi connectivity index (χ2v) is 7.38. The molecule has 0 fully saturated rings. The van der Waals surface area contributed by atoms with Crippen LogP contribution in [0.5, 0.6) is 11.5 Å². The Morgan fingerprint density at radius 2 is 2.00 bits per heavy atom. The monoisotopic (exact) mass is 366 g/mol. The zero-order chi connectivity index (χ0) is 19.0. The maximum Gasteiger partial charge on any atom is 0.251 e. The summed E-state index contributed by atoms with van der Waals surface area (Å²) in [5.41, 5.74) is 1.57. The van der Waals surface area contributed by atoms with E-state index in [1.807, 2.05) is 44.2 Å². The Balaban J connectivity index is 1.33. The number of ether oxygens (including phenoxy) is 2. The van der Waals surface area contributed by atoms with Crippen molar-refractivity contribution in [3.8, 4) is 11.5 Å². The predicted molar refractivity (Wildman–Crippen MR) is 101 cm³/mol. The summed E-state index contributed by atoms with van der Waals surface area (Å²) in [7, 11) is 0. The lowest BCUT2D eigenvalue weighted by Gasteiger charge is -2.26. The summed E-state index contributed by atoms with van der Waals surface area (Å²) in [5, 5.41) is 5.75. The lowest BCUT2D eigenvalue weighted by Crippen LogP contribution is -2.34. The third kappa shape index (κ3) is 3.23. The highest BCUT2D eigenvalue weighted by atomic mass is 16.6. The van der Waals surface area contributed by atoms with Crippen molar-refractivity contribution in [1.82, 2.24) is 5.32 Å². The molecule has 2 aromatic carbocycles. The molecule has 6 nitrogen and oxygen atoms in total. The molecule has 4 rings (SSSR count). The Bertz CT molecular complexity index is 907. The lowest BCUT2D eigenvalue weighted by atomic mass is 9.86. The third-order valence-electron chi connectivity index (χ3n) is 5.09. The fourth-order valence-electron chi connectivity index (χ4n) is 3.39. The lowest BCUT2D eigenvalue weighted by molar-refractivity contribution is -0.119. The van der Waals surface area contributed by atoms with Crippen LogP contribution in [0, 0.1) is 0 Å². The molecule has 2 aliphatic rings. The maximum atomic E-state index is 12.4. The summed E-state index contributed by atoms with van der Waals surface area (Å²) in [6.07, 6.45) is 0.551. The van der Waals surface area contributed by atoms with Crippen molar-refractivity contribution in [1.29, 1.82) is 0 Å². The quantitative estimate of drug-likeness (QED) is 0.872. The normalized spacial score (nSPS) is 19.2. The molecule has 2 amide bonds. The van der Waals surface area contributed by atoms with E-state index < -0.39 is 5.41 Å². The van der Waals surface area contributed by atoms with Gasteiger partial charge in [0.05, 0.1) is 5.41 Å². The molecule has 0 saturated heterocycles. The first-order chi connectivity index (χ1) is 12.9. The summed E-state index contributed by atoms with van der Waals surface area (Å²) in [5.74, 6) is 1.26. The summed E-state index contributed by atoms with van der Waals surface area (Å²) >= 11 is 0. The van der Waals surface area contributed by atoms with Crippen LogP contribution in [-0.4, -0.2) is 31.1 Å². The average molecular weight is 366 g/mol. The van der Waals surface area contributed by atoms with Gasteiger partial charge in [-0.1, -0.05) is 18.2 Å². The van der Waals surface area contributed by atoms with E-state index in [2.05, 4.69) is 10.6 Å². The number of hydrogen-bond acceptors (Lipinski definition) is 4. The minimum atomic E-state index is -0.570.